The number of rotatable bonds is 7. The van der Waals surface area contributed by atoms with Crippen molar-refractivity contribution in [2.45, 2.75) is 17.6 Å². The predicted molar refractivity (Wildman–Crippen MR) is 123 cm³/mol. The van der Waals surface area contributed by atoms with Crippen molar-refractivity contribution in [3.8, 4) is 0 Å². The minimum absolute atomic E-state index is 0.0305. The Balaban J connectivity index is 1.42. The normalized spacial score (nSPS) is 17.6. The monoisotopic (exact) mass is 472 g/mol. The highest BCUT2D eigenvalue weighted by Crippen LogP contribution is 2.26. The van der Waals surface area contributed by atoms with E-state index in [0.717, 1.165) is 5.56 Å². The Hall–Kier alpha value is -2.98. The van der Waals surface area contributed by atoms with E-state index in [2.05, 4.69) is 15.2 Å². The number of thioether (sulfide) groups is 1. The van der Waals surface area contributed by atoms with Crippen LogP contribution in [-0.4, -0.2) is 52.8 Å². The molecule has 1 aliphatic rings. The number of carbonyl (C=O) groups is 1. The van der Waals surface area contributed by atoms with Crippen molar-refractivity contribution < 1.29 is 17.6 Å². The summed E-state index contributed by atoms with van der Waals surface area (Å²) >= 11 is 1.18. The van der Waals surface area contributed by atoms with Crippen molar-refractivity contribution in [3.63, 3.8) is 0 Å². The Morgan fingerprint density at radius 2 is 1.91 bits per heavy atom. The number of amides is 1. The van der Waals surface area contributed by atoms with Gasteiger partial charge >= 0.3 is 0 Å². The molecule has 0 saturated carbocycles. The molecule has 0 spiro atoms. The third-order valence-electron chi connectivity index (χ3n) is 4.99. The van der Waals surface area contributed by atoms with Crippen LogP contribution in [0.25, 0.3) is 12.2 Å². The third kappa shape index (κ3) is 5.63. The smallest absolute Gasteiger partial charge is 0.237 e. The quantitative estimate of drug-likeness (QED) is 0.530. The van der Waals surface area contributed by atoms with Gasteiger partial charge in [0.1, 0.15) is 11.6 Å². The van der Waals surface area contributed by atoms with Gasteiger partial charge in [0.2, 0.25) is 11.1 Å². The van der Waals surface area contributed by atoms with Crippen LogP contribution < -0.4 is 4.90 Å². The summed E-state index contributed by atoms with van der Waals surface area (Å²) in [5.41, 5.74) is 1.50. The topological polar surface area (TPSA) is 96.0 Å². The number of anilines is 1. The van der Waals surface area contributed by atoms with E-state index in [9.17, 15) is 17.6 Å². The number of halogens is 1. The van der Waals surface area contributed by atoms with Crippen molar-refractivity contribution in [1.29, 1.82) is 0 Å². The van der Waals surface area contributed by atoms with Crippen molar-refractivity contribution in [1.82, 2.24) is 15.2 Å². The number of sulfone groups is 1. The molecular formula is C22H21FN4O3S2. The highest BCUT2D eigenvalue weighted by molar-refractivity contribution is 7.99. The molecule has 4 rings (SSSR count). The molecule has 166 valence electrons. The molecule has 0 radical (unpaired) electrons. The van der Waals surface area contributed by atoms with Crippen molar-refractivity contribution in [2.24, 2.45) is 0 Å². The van der Waals surface area contributed by atoms with Gasteiger partial charge in [-0.25, -0.2) is 17.8 Å². The summed E-state index contributed by atoms with van der Waals surface area (Å²) in [7, 11) is -3.14. The molecule has 7 nitrogen and oxygen atoms in total. The molecular weight excluding hydrogens is 451 g/mol. The molecule has 1 saturated heterocycles. The summed E-state index contributed by atoms with van der Waals surface area (Å²) in [6, 6.07) is 14.8. The number of carbonyl (C=O) groups excluding carboxylic acids is 1. The average molecular weight is 473 g/mol. The van der Waals surface area contributed by atoms with Crippen LogP contribution in [0.15, 0.2) is 59.8 Å². The van der Waals surface area contributed by atoms with E-state index in [1.54, 1.807) is 41.3 Å². The van der Waals surface area contributed by atoms with Gasteiger partial charge in [-0.05, 0) is 42.3 Å². The summed E-state index contributed by atoms with van der Waals surface area (Å²) in [5.74, 6) is 0.140. The lowest BCUT2D eigenvalue weighted by molar-refractivity contribution is -0.116. The van der Waals surface area contributed by atoms with Crippen LogP contribution >= 0.6 is 11.8 Å². The maximum absolute atomic E-state index is 13.1. The first-order chi connectivity index (χ1) is 15.4. The Morgan fingerprint density at radius 3 is 2.59 bits per heavy atom. The van der Waals surface area contributed by atoms with Gasteiger partial charge in [0.05, 0.1) is 23.3 Å². The van der Waals surface area contributed by atoms with E-state index in [0.29, 0.717) is 23.1 Å². The molecule has 1 fully saturated rings. The fourth-order valence-electron chi connectivity index (χ4n) is 3.47. The fraction of sp³-hybridized carbons (Fsp3) is 0.227. The number of aromatic amines is 1. The predicted octanol–water partition coefficient (Wildman–Crippen LogP) is 3.43. The van der Waals surface area contributed by atoms with Crippen molar-refractivity contribution >= 4 is 45.3 Å². The molecule has 1 N–H and O–H groups in total. The summed E-state index contributed by atoms with van der Waals surface area (Å²) in [5, 5.41) is 7.31. The van der Waals surface area contributed by atoms with Gasteiger partial charge in [-0.15, -0.1) is 5.10 Å². The summed E-state index contributed by atoms with van der Waals surface area (Å²) < 4.78 is 36.9. The van der Waals surface area contributed by atoms with Crippen molar-refractivity contribution in [2.75, 3.05) is 22.2 Å². The minimum atomic E-state index is -3.14. The lowest BCUT2D eigenvalue weighted by Gasteiger charge is -2.28. The SMILES string of the molecule is O=C(CSc1n[nH]c(/C=C/c2ccc(F)cc2)n1)N(c1ccccc1)C1CCS(=O)(=O)C1. The van der Waals surface area contributed by atoms with Gasteiger partial charge in [-0.3, -0.25) is 9.89 Å². The Labute approximate surface area is 189 Å². The number of aromatic nitrogens is 3. The van der Waals surface area contributed by atoms with E-state index in [-0.39, 0.29) is 35.0 Å². The number of para-hydroxylation sites is 1. The lowest BCUT2D eigenvalue weighted by Crippen LogP contribution is -2.42. The molecule has 10 heteroatoms. The first-order valence-electron chi connectivity index (χ1n) is 9.96. The number of benzene rings is 2. The molecule has 1 unspecified atom stereocenters. The second kappa shape index (κ2) is 9.66. The Bertz CT molecular complexity index is 1210. The van der Waals surface area contributed by atoms with Gasteiger partial charge < -0.3 is 4.90 Å². The molecule has 3 aromatic rings. The molecule has 0 aliphatic carbocycles. The number of nitrogens with one attached hydrogen (secondary N) is 1. The van der Waals surface area contributed by atoms with E-state index in [1.165, 1.54) is 23.9 Å². The Morgan fingerprint density at radius 1 is 1.16 bits per heavy atom. The zero-order chi connectivity index (χ0) is 22.6. The molecule has 2 heterocycles. The standard InChI is InChI=1S/C22H21FN4O3S2/c23-17-9-6-16(7-10-17)8-11-20-24-22(26-25-20)31-14-21(28)27(18-4-2-1-3-5-18)19-12-13-32(29,30)15-19/h1-11,19H,12-15H2,(H,24,25,26)/b11-8+. The summed E-state index contributed by atoms with van der Waals surface area (Å²) in [4.78, 5) is 19.0. The molecule has 0 bridgehead atoms. The molecule has 1 amide bonds. The van der Waals surface area contributed by atoms with Gasteiger partial charge in [0, 0.05) is 5.69 Å². The van der Waals surface area contributed by atoms with Crippen LogP contribution in [0.4, 0.5) is 10.1 Å². The molecule has 1 aromatic heterocycles. The van der Waals surface area contributed by atoms with Crippen LogP contribution in [0.3, 0.4) is 0 Å². The van der Waals surface area contributed by atoms with Gasteiger partial charge in [-0.1, -0.05) is 48.2 Å². The molecule has 1 atom stereocenters. The molecule has 2 aromatic carbocycles. The van der Waals surface area contributed by atoms with Gasteiger partial charge in [0.15, 0.2) is 9.84 Å². The molecule has 1 aliphatic heterocycles. The largest absolute Gasteiger partial charge is 0.308 e. The number of hydrogen-bond acceptors (Lipinski definition) is 6. The zero-order valence-corrected chi connectivity index (χ0v) is 18.7. The average Bonchev–Trinajstić information content (AvgIpc) is 3.38. The fourth-order valence-corrected chi connectivity index (χ4v) is 5.83. The van der Waals surface area contributed by atoms with E-state index in [1.807, 2.05) is 18.2 Å². The van der Waals surface area contributed by atoms with Crippen molar-refractivity contribution in [3.05, 3.63) is 71.8 Å². The molecule has 32 heavy (non-hydrogen) atoms. The van der Waals surface area contributed by atoms with E-state index >= 15 is 0 Å². The summed E-state index contributed by atoms with van der Waals surface area (Å²) in [6.07, 6.45) is 3.91. The van der Waals surface area contributed by atoms with E-state index < -0.39 is 9.84 Å². The van der Waals surface area contributed by atoms with Crippen LogP contribution in [0.5, 0.6) is 0 Å². The van der Waals surface area contributed by atoms with E-state index in [4.69, 9.17) is 0 Å². The maximum Gasteiger partial charge on any atom is 0.237 e. The minimum Gasteiger partial charge on any atom is -0.308 e. The highest BCUT2D eigenvalue weighted by atomic mass is 32.2. The number of nitrogens with zero attached hydrogens (tertiary/aromatic N) is 3. The van der Waals surface area contributed by atoms with Crippen LogP contribution in [0.1, 0.15) is 17.8 Å². The van der Waals surface area contributed by atoms with Gasteiger partial charge in [-0.2, -0.15) is 0 Å². The second-order valence-corrected chi connectivity index (χ2v) is 10.5. The third-order valence-corrected chi connectivity index (χ3v) is 7.57. The summed E-state index contributed by atoms with van der Waals surface area (Å²) in [6.45, 7) is 0. The van der Waals surface area contributed by atoms with Crippen LogP contribution in [-0.2, 0) is 14.6 Å². The maximum atomic E-state index is 13.1. The first kappa shape index (κ1) is 22.2. The van der Waals surface area contributed by atoms with Gasteiger partial charge in [0.25, 0.3) is 0 Å². The highest BCUT2D eigenvalue weighted by Gasteiger charge is 2.35. The second-order valence-electron chi connectivity index (χ2n) is 7.33. The van der Waals surface area contributed by atoms with Crippen LogP contribution in [0, 0.1) is 5.82 Å². The lowest BCUT2D eigenvalue weighted by atomic mass is 10.2. The number of hydrogen-bond donors (Lipinski definition) is 1. The zero-order valence-electron chi connectivity index (χ0n) is 17.0. The first-order valence-corrected chi connectivity index (χ1v) is 12.8. The van der Waals surface area contributed by atoms with Crippen LogP contribution in [0.2, 0.25) is 0 Å². The number of H-pyrrole nitrogens is 1. The Kier molecular flexibility index (Phi) is 6.71.